The molecule has 0 aromatic carbocycles. The maximum absolute atomic E-state index is 9.88. The summed E-state index contributed by atoms with van der Waals surface area (Å²) in [5.74, 6) is 0.514. The Balaban J connectivity index is 2.59. The van der Waals surface area contributed by atoms with Crippen LogP contribution in [0.4, 0.5) is 0 Å². The molecular formula is C11H22O. The Hall–Kier alpha value is -0.0400. The lowest BCUT2D eigenvalue weighted by Crippen LogP contribution is -2.31. The van der Waals surface area contributed by atoms with Gasteiger partial charge in [0.25, 0.3) is 0 Å². The second kappa shape index (κ2) is 3.78. The van der Waals surface area contributed by atoms with Crippen molar-refractivity contribution in [3.8, 4) is 0 Å². The van der Waals surface area contributed by atoms with Crippen LogP contribution >= 0.6 is 0 Å². The van der Waals surface area contributed by atoms with Crippen molar-refractivity contribution in [2.24, 2.45) is 11.3 Å². The van der Waals surface area contributed by atoms with Crippen LogP contribution in [0.25, 0.3) is 0 Å². The van der Waals surface area contributed by atoms with E-state index in [9.17, 15) is 5.11 Å². The van der Waals surface area contributed by atoms with Crippen molar-refractivity contribution >= 4 is 0 Å². The van der Waals surface area contributed by atoms with Gasteiger partial charge in [-0.3, -0.25) is 0 Å². The van der Waals surface area contributed by atoms with E-state index in [1.807, 2.05) is 0 Å². The van der Waals surface area contributed by atoms with Crippen LogP contribution in [0.2, 0.25) is 0 Å². The first-order chi connectivity index (χ1) is 5.52. The van der Waals surface area contributed by atoms with Gasteiger partial charge < -0.3 is 5.11 Å². The van der Waals surface area contributed by atoms with Crippen LogP contribution in [-0.4, -0.2) is 11.2 Å². The summed E-state index contributed by atoms with van der Waals surface area (Å²) < 4.78 is 0. The lowest BCUT2D eigenvalue weighted by atomic mass is 9.75. The normalized spacial score (nSPS) is 33.0. The average molecular weight is 170 g/mol. The summed E-state index contributed by atoms with van der Waals surface area (Å²) in [5, 5.41) is 9.88. The van der Waals surface area contributed by atoms with E-state index in [2.05, 4.69) is 20.8 Å². The third-order valence-electron chi connectivity index (χ3n) is 3.09. The van der Waals surface area contributed by atoms with E-state index < -0.39 is 0 Å². The maximum Gasteiger partial charge on any atom is 0.0573 e. The highest BCUT2D eigenvalue weighted by Gasteiger charge is 2.31. The molecule has 1 saturated carbocycles. The molecule has 0 aromatic rings. The van der Waals surface area contributed by atoms with Gasteiger partial charge in [-0.1, -0.05) is 40.0 Å². The topological polar surface area (TPSA) is 20.2 Å². The average Bonchev–Trinajstić information content (AvgIpc) is 2.11. The van der Waals surface area contributed by atoms with Crippen molar-refractivity contribution in [1.29, 1.82) is 0 Å². The number of rotatable bonds is 0. The first kappa shape index (κ1) is 10.0. The number of aliphatic hydroxyl groups is 1. The molecule has 0 unspecified atom stereocenters. The van der Waals surface area contributed by atoms with Gasteiger partial charge in [-0.15, -0.1) is 0 Å². The van der Waals surface area contributed by atoms with Crippen molar-refractivity contribution in [2.45, 2.75) is 59.0 Å². The third-order valence-corrected chi connectivity index (χ3v) is 3.09. The summed E-state index contributed by atoms with van der Waals surface area (Å²) in [6.45, 7) is 6.73. The molecule has 12 heavy (non-hydrogen) atoms. The van der Waals surface area contributed by atoms with Gasteiger partial charge in [-0.2, -0.15) is 0 Å². The lowest BCUT2D eigenvalue weighted by molar-refractivity contribution is 0.0377. The van der Waals surface area contributed by atoms with Crippen LogP contribution in [0.15, 0.2) is 0 Å². The molecule has 1 rings (SSSR count). The van der Waals surface area contributed by atoms with Gasteiger partial charge in [0.15, 0.2) is 0 Å². The van der Waals surface area contributed by atoms with E-state index in [1.54, 1.807) is 0 Å². The highest BCUT2D eigenvalue weighted by atomic mass is 16.3. The lowest BCUT2D eigenvalue weighted by Gasteiger charge is -2.33. The zero-order valence-corrected chi connectivity index (χ0v) is 8.64. The van der Waals surface area contributed by atoms with Crippen LogP contribution in [0, 0.1) is 11.3 Å². The highest BCUT2D eigenvalue weighted by Crippen LogP contribution is 2.36. The molecule has 1 fully saturated rings. The fourth-order valence-electron chi connectivity index (χ4n) is 2.30. The molecule has 0 saturated heterocycles. The van der Waals surface area contributed by atoms with Crippen LogP contribution < -0.4 is 0 Å². The molecule has 1 aliphatic carbocycles. The quantitative estimate of drug-likeness (QED) is 0.554. The van der Waals surface area contributed by atoms with E-state index >= 15 is 0 Å². The Kier molecular flexibility index (Phi) is 3.16. The van der Waals surface area contributed by atoms with Crippen molar-refractivity contribution in [1.82, 2.24) is 0 Å². The molecule has 0 radical (unpaired) electrons. The monoisotopic (exact) mass is 170 g/mol. The standard InChI is InChI=1S/C11H22O/c1-11(2,3)9-7-5-4-6-8-10(9)12/h9-10,12H,4-8H2,1-3H3/t9-,10-/m1/s1. The summed E-state index contributed by atoms with van der Waals surface area (Å²) in [7, 11) is 0. The molecule has 1 N–H and O–H groups in total. The van der Waals surface area contributed by atoms with Crippen LogP contribution in [0.5, 0.6) is 0 Å². The molecule has 2 atom stereocenters. The first-order valence-electron chi connectivity index (χ1n) is 5.20. The number of hydrogen-bond donors (Lipinski definition) is 1. The minimum atomic E-state index is -0.0486. The van der Waals surface area contributed by atoms with Gasteiger partial charge in [0.05, 0.1) is 6.10 Å². The van der Waals surface area contributed by atoms with E-state index in [4.69, 9.17) is 0 Å². The zero-order valence-electron chi connectivity index (χ0n) is 8.64. The van der Waals surface area contributed by atoms with Crippen LogP contribution in [-0.2, 0) is 0 Å². The van der Waals surface area contributed by atoms with Gasteiger partial charge in [0.2, 0.25) is 0 Å². The molecule has 0 bridgehead atoms. The second-order valence-corrected chi connectivity index (χ2v) is 5.18. The highest BCUT2D eigenvalue weighted by molar-refractivity contribution is 4.82. The molecule has 0 amide bonds. The van der Waals surface area contributed by atoms with Gasteiger partial charge in [0, 0.05) is 0 Å². The number of hydrogen-bond acceptors (Lipinski definition) is 1. The molecular weight excluding hydrogens is 148 g/mol. The van der Waals surface area contributed by atoms with E-state index in [0.29, 0.717) is 5.92 Å². The smallest absolute Gasteiger partial charge is 0.0573 e. The summed E-state index contributed by atoms with van der Waals surface area (Å²) in [5.41, 5.74) is 0.282. The molecule has 0 spiro atoms. The Morgan fingerprint density at radius 2 is 1.58 bits per heavy atom. The SMILES string of the molecule is CC(C)(C)[C@@H]1CCCCC[C@H]1O. The molecule has 0 aliphatic heterocycles. The minimum absolute atomic E-state index is 0.0486. The summed E-state index contributed by atoms with van der Waals surface area (Å²) in [6, 6.07) is 0. The summed E-state index contributed by atoms with van der Waals surface area (Å²) in [6.07, 6.45) is 6.01. The number of aliphatic hydroxyl groups excluding tert-OH is 1. The Morgan fingerprint density at radius 3 is 2.17 bits per heavy atom. The van der Waals surface area contributed by atoms with Crippen LogP contribution in [0.3, 0.4) is 0 Å². The Morgan fingerprint density at radius 1 is 1.00 bits per heavy atom. The third kappa shape index (κ3) is 2.48. The van der Waals surface area contributed by atoms with Gasteiger partial charge in [0.1, 0.15) is 0 Å². The van der Waals surface area contributed by atoms with Crippen LogP contribution in [0.1, 0.15) is 52.9 Å². The van der Waals surface area contributed by atoms with Crippen molar-refractivity contribution in [3.63, 3.8) is 0 Å². The Labute approximate surface area is 76.2 Å². The van der Waals surface area contributed by atoms with Crippen molar-refractivity contribution in [2.75, 3.05) is 0 Å². The molecule has 1 aliphatic rings. The fraction of sp³-hybridized carbons (Fsp3) is 1.00. The largest absolute Gasteiger partial charge is 0.393 e. The molecule has 1 heteroatoms. The van der Waals surface area contributed by atoms with E-state index in [-0.39, 0.29) is 11.5 Å². The van der Waals surface area contributed by atoms with Gasteiger partial charge in [-0.25, -0.2) is 0 Å². The summed E-state index contributed by atoms with van der Waals surface area (Å²) in [4.78, 5) is 0. The molecule has 72 valence electrons. The van der Waals surface area contributed by atoms with Gasteiger partial charge >= 0.3 is 0 Å². The van der Waals surface area contributed by atoms with Crippen molar-refractivity contribution in [3.05, 3.63) is 0 Å². The first-order valence-corrected chi connectivity index (χ1v) is 5.20. The van der Waals surface area contributed by atoms with E-state index in [0.717, 1.165) is 6.42 Å². The second-order valence-electron chi connectivity index (χ2n) is 5.18. The predicted molar refractivity (Wildman–Crippen MR) is 52.0 cm³/mol. The van der Waals surface area contributed by atoms with Crippen molar-refractivity contribution < 1.29 is 5.11 Å². The predicted octanol–water partition coefficient (Wildman–Crippen LogP) is 2.97. The molecule has 0 heterocycles. The minimum Gasteiger partial charge on any atom is -0.393 e. The summed E-state index contributed by atoms with van der Waals surface area (Å²) >= 11 is 0. The molecule has 1 nitrogen and oxygen atoms in total. The fourth-order valence-corrected chi connectivity index (χ4v) is 2.30. The molecule has 0 aromatic heterocycles. The van der Waals surface area contributed by atoms with E-state index in [1.165, 1.54) is 25.7 Å². The Bertz CT molecular complexity index is 134. The maximum atomic E-state index is 9.88. The van der Waals surface area contributed by atoms with Gasteiger partial charge in [-0.05, 0) is 24.2 Å². The zero-order chi connectivity index (χ0) is 9.19.